The summed E-state index contributed by atoms with van der Waals surface area (Å²) in [6.45, 7) is 5.47. The fraction of sp³-hybridized carbons (Fsp3) is 0.176. The number of anilines is 4. The summed E-state index contributed by atoms with van der Waals surface area (Å²) in [6.07, 6.45) is 1.48. The first-order valence-electron chi connectivity index (χ1n) is 8.10. The summed E-state index contributed by atoms with van der Waals surface area (Å²) in [6, 6.07) is 5.23. The van der Waals surface area contributed by atoms with Gasteiger partial charge in [0, 0.05) is 14.1 Å². The fourth-order valence-corrected chi connectivity index (χ4v) is 2.42. The standard InChI is InChI=1S/C17H17ClN8O2/c1-5-11-19-15(22-16(20-11)26(3)4)23-17-25-24-14(28-17)13(27)21-12-9(2)7-6-8-10(12)18/h5-8H,1H2,2-4H3,(H,21,27)(H,19,20,22,23,25). The largest absolute Gasteiger partial charge is 0.399 e. The Labute approximate surface area is 165 Å². The summed E-state index contributed by atoms with van der Waals surface area (Å²) in [5, 5.41) is 13.3. The Bertz CT molecular complexity index is 1010. The molecule has 0 radical (unpaired) electrons. The molecule has 1 aromatic carbocycles. The molecular formula is C17H17ClN8O2. The smallest absolute Gasteiger partial charge is 0.322 e. The van der Waals surface area contributed by atoms with Crippen molar-refractivity contribution in [2.75, 3.05) is 29.6 Å². The highest BCUT2D eigenvalue weighted by molar-refractivity contribution is 6.34. The zero-order chi connectivity index (χ0) is 20.3. The second-order valence-corrected chi connectivity index (χ2v) is 6.25. The van der Waals surface area contributed by atoms with Crippen LogP contribution in [0, 0.1) is 6.92 Å². The lowest BCUT2D eigenvalue weighted by atomic mass is 10.2. The average molecular weight is 401 g/mol. The van der Waals surface area contributed by atoms with Gasteiger partial charge in [-0.15, -0.1) is 5.10 Å². The fourth-order valence-electron chi connectivity index (χ4n) is 2.15. The first kappa shape index (κ1) is 19.2. The van der Waals surface area contributed by atoms with Crippen LogP contribution >= 0.6 is 11.6 Å². The van der Waals surface area contributed by atoms with Crippen molar-refractivity contribution >= 4 is 47.2 Å². The summed E-state index contributed by atoms with van der Waals surface area (Å²) < 4.78 is 5.35. The third-order valence-corrected chi connectivity index (χ3v) is 3.84. The summed E-state index contributed by atoms with van der Waals surface area (Å²) >= 11 is 6.11. The summed E-state index contributed by atoms with van der Waals surface area (Å²) in [7, 11) is 3.58. The zero-order valence-corrected chi connectivity index (χ0v) is 16.2. The van der Waals surface area contributed by atoms with E-state index in [1.807, 2.05) is 13.0 Å². The van der Waals surface area contributed by atoms with Gasteiger partial charge in [-0.05, 0) is 24.6 Å². The van der Waals surface area contributed by atoms with Crippen LogP contribution in [0.25, 0.3) is 6.08 Å². The third-order valence-electron chi connectivity index (χ3n) is 3.52. The molecule has 0 fully saturated rings. The van der Waals surface area contributed by atoms with E-state index in [0.717, 1.165) is 5.56 Å². The van der Waals surface area contributed by atoms with Gasteiger partial charge < -0.3 is 14.6 Å². The quantitative estimate of drug-likeness (QED) is 0.642. The van der Waals surface area contributed by atoms with Crippen molar-refractivity contribution in [2.45, 2.75) is 6.92 Å². The SMILES string of the molecule is C=Cc1nc(Nc2nnc(C(=O)Nc3c(C)cccc3Cl)o2)nc(N(C)C)n1. The van der Waals surface area contributed by atoms with Crippen LogP contribution in [0.1, 0.15) is 22.1 Å². The van der Waals surface area contributed by atoms with Gasteiger partial charge >= 0.3 is 17.8 Å². The minimum absolute atomic E-state index is 0.0491. The van der Waals surface area contributed by atoms with Gasteiger partial charge in [-0.25, -0.2) is 0 Å². The average Bonchev–Trinajstić information content (AvgIpc) is 3.13. The molecule has 2 N–H and O–H groups in total. The molecule has 0 unspecified atom stereocenters. The van der Waals surface area contributed by atoms with Gasteiger partial charge in [-0.1, -0.05) is 35.4 Å². The second kappa shape index (κ2) is 8.01. The van der Waals surface area contributed by atoms with Gasteiger partial charge in [0.05, 0.1) is 10.7 Å². The van der Waals surface area contributed by atoms with E-state index in [2.05, 4.69) is 42.4 Å². The number of halogens is 1. The van der Waals surface area contributed by atoms with E-state index >= 15 is 0 Å². The molecule has 0 bridgehead atoms. The van der Waals surface area contributed by atoms with E-state index in [1.54, 1.807) is 31.1 Å². The molecule has 2 heterocycles. The van der Waals surface area contributed by atoms with Crippen molar-refractivity contribution in [3.05, 3.63) is 47.1 Å². The lowest BCUT2D eigenvalue weighted by molar-refractivity contribution is 0.0991. The van der Waals surface area contributed by atoms with E-state index in [-0.39, 0.29) is 17.9 Å². The molecule has 0 aliphatic rings. The molecule has 0 spiro atoms. The van der Waals surface area contributed by atoms with Crippen molar-refractivity contribution in [1.82, 2.24) is 25.1 Å². The summed E-state index contributed by atoms with van der Waals surface area (Å²) in [4.78, 5) is 26.6. The highest BCUT2D eigenvalue weighted by Gasteiger charge is 2.18. The third kappa shape index (κ3) is 4.23. The number of carbonyl (C=O) groups is 1. The van der Waals surface area contributed by atoms with Crippen LogP contribution in [-0.2, 0) is 0 Å². The minimum atomic E-state index is -0.590. The van der Waals surface area contributed by atoms with Crippen LogP contribution in [0.2, 0.25) is 5.02 Å². The molecule has 1 amide bonds. The van der Waals surface area contributed by atoms with Crippen molar-refractivity contribution in [3.63, 3.8) is 0 Å². The Hall–Kier alpha value is -3.53. The Morgan fingerprint density at radius 1 is 1.25 bits per heavy atom. The monoisotopic (exact) mass is 400 g/mol. The molecule has 2 aromatic heterocycles. The van der Waals surface area contributed by atoms with Gasteiger partial charge in [0.25, 0.3) is 0 Å². The number of nitrogens with one attached hydrogen (secondary N) is 2. The van der Waals surface area contributed by atoms with E-state index in [1.165, 1.54) is 6.08 Å². The number of aromatic nitrogens is 5. The number of benzene rings is 1. The highest BCUT2D eigenvalue weighted by Crippen LogP contribution is 2.26. The number of nitrogens with zero attached hydrogens (tertiary/aromatic N) is 6. The van der Waals surface area contributed by atoms with Crippen LogP contribution < -0.4 is 15.5 Å². The number of para-hydroxylation sites is 1. The Kier molecular flexibility index (Phi) is 5.50. The van der Waals surface area contributed by atoms with Crippen LogP contribution in [-0.4, -0.2) is 45.2 Å². The van der Waals surface area contributed by atoms with Gasteiger partial charge in [0.1, 0.15) is 0 Å². The molecule has 11 heteroatoms. The van der Waals surface area contributed by atoms with Crippen LogP contribution in [0.15, 0.2) is 29.2 Å². The van der Waals surface area contributed by atoms with E-state index in [9.17, 15) is 4.79 Å². The number of amides is 1. The lowest BCUT2D eigenvalue weighted by Gasteiger charge is -2.11. The molecule has 0 saturated carbocycles. The number of hydrogen-bond acceptors (Lipinski definition) is 9. The van der Waals surface area contributed by atoms with Crippen LogP contribution in [0.3, 0.4) is 0 Å². The van der Waals surface area contributed by atoms with E-state index in [0.29, 0.717) is 22.5 Å². The molecule has 0 saturated heterocycles. The predicted molar refractivity (Wildman–Crippen MR) is 106 cm³/mol. The maximum Gasteiger partial charge on any atom is 0.322 e. The van der Waals surface area contributed by atoms with Gasteiger partial charge in [0.15, 0.2) is 5.82 Å². The summed E-state index contributed by atoms with van der Waals surface area (Å²) in [5.41, 5.74) is 1.28. The van der Waals surface area contributed by atoms with Gasteiger partial charge in [0.2, 0.25) is 11.9 Å². The first-order valence-corrected chi connectivity index (χ1v) is 8.48. The van der Waals surface area contributed by atoms with Crippen LogP contribution in [0.5, 0.6) is 0 Å². The molecular weight excluding hydrogens is 384 g/mol. The number of rotatable bonds is 6. The molecule has 0 atom stereocenters. The maximum atomic E-state index is 12.4. The molecule has 144 valence electrons. The van der Waals surface area contributed by atoms with E-state index < -0.39 is 5.91 Å². The van der Waals surface area contributed by atoms with Gasteiger partial charge in [-0.2, -0.15) is 15.0 Å². The zero-order valence-electron chi connectivity index (χ0n) is 15.4. The first-order chi connectivity index (χ1) is 13.4. The topological polar surface area (TPSA) is 122 Å². The number of carbonyl (C=O) groups excluding carboxylic acids is 1. The van der Waals surface area contributed by atoms with Crippen molar-refractivity contribution in [3.8, 4) is 0 Å². The molecule has 28 heavy (non-hydrogen) atoms. The Morgan fingerprint density at radius 3 is 2.71 bits per heavy atom. The molecule has 3 aromatic rings. The predicted octanol–water partition coefficient (Wildman–Crippen LogP) is 2.92. The van der Waals surface area contributed by atoms with E-state index in [4.69, 9.17) is 16.0 Å². The highest BCUT2D eigenvalue weighted by atomic mass is 35.5. The van der Waals surface area contributed by atoms with Crippen LogP contribution in [0.4, 0.5) is 23.6 Å². The second-order valence-electron chi connectivity index (χ2n) is 5.84. The Morgan fingerprint density at radius 2 is 2.04 bits per heavy atom. The number of hydrogen-bond donors (Lipinski definition) is 2. The normalized spacial score (nSPS) is 10.4. The summed E-state index contributed by atoms with van der Waals surface area (Å²) in [5.74, 6) is 0.124. The number of aryl methyl sites for hydroxylation is 1. The van der Waals surface area contributed by atoms with Gasteiger partial charge in [-0.3, -0.25) is 10.1 Å². The molecule has 0 aliphatic carbocycles. The Balaban J connectivity index is 1.78. The molecule has 10 nitrogen and oxygen atoms in total. The van der Waals surface area contributed by atoms with Crippen molar-refractivity contribution in [2.24, 2.45) is 0 Å². The van der Waals surface area contributed by atoms with Crippen molar-refractivity contribution < 1.29 is 9.21 Å². The van der Waals surface area contributed by atoms with Crippen molar-refractivity contribution in [1.29, 1.82) is 0 Å². The molecule has 3 rings (SSSR count). The minimum Gasteiger partial charge on any atom is -0.399 e. The maximum absolute atomic E-state index is 12.4. The molecule has 0 aliphatic heterocycles. The lowest BCUT2D eigenvalue weighted by Crippen LogP contribution is -2.15.